The van der Waals surface area contributed by atoms with Gasteiger partial charge >= 0.3 is 0 Å². The Balaban J connectivity index is 2.33. The smallest absolute Gasteiger partial charge is 0.169 e. The third kappa shape index (κ3) is 4.30. The first-order valence-electron chi connectivity index (χ1n) is 5.95. The molecule has 0 fully saturated rings. The third-order valence-corrected chi connectivity index (χ3v) is 3.45. The van der Waals surface area contributed by atoms with Crippen molar-refractivity contribution in [1.82, 2.24) is 5.32 Å². The molecule has 2 nitrogen and oxygen atoms in total. The van der Waals surface area contributed by atoms with Crippen LogP contribution in [-0.4, -0.2) is 6.54 Å². The van der Waals surface area contributed by atoms with E-state index < -0.39 is 0 Å². The van der Waals surface area contributed by atoms with Crippen molar-refractivity contribution >= 4 is 15.9 Å². The van der Waals surface area contributed by atoms with Gasteiger partial charge in [-0.1, -0.05) is 27.7 Å². The summed E-state index contributed by atoms with van der Waals surface area (Å²) in [7, 11) is 0. The molecular formula is C13H22BrNO. The van der Waals surface area contributed by atoms with E-state index in [0.717, 1.165) is 41.3 Å². The second kappa shape index (κ2) is 6.45. The van der Waals surface area contributed by atoms with E-state index in [1.165, 1.54) is 0 Å². The van der Waals surface area contributed by atoms with Crippen molar-refractivity contribution in [2.75, 3.05) is 6.54 Å². The van der Waals surface area contributed by atoms with Crippen LogP contribution in [0.25, 0.3) is 0 Å². The number of hydrogen-bond acceptors (Lipinski definition) is 2. The summed E-state index contributed by atoms with van der Waals surface area (Å²) < 4.78 is 6.24. The lowest BCUT2D eigenvalue weighted by Gasteiger charge is -2.24. The molecule has 0 aromatic carbocycles. The van der Waals surface area contributed by atoms with Crippen LogP contribution in [0.5, 0.6) is 0 Å². The molecule has 3 heteroatoms. The average Bonchev–Trinajstić information content (AvgIpc) is 2.57. The van der Waals surface area contributed by atoms with Crippen LogP contribution >= 0.6 is 15.9 Å². The first-order chi connectivity index (χ1) is 7.50. The van der Waals surface area contributed by atoms with Crippen molar-refractivity contribution in [2.24, 2.45) is 17.8 Å². The van der Waals surface area contributed by atoms with E-state index in [1.807, 2.05) is 12.1 Å². The molecule has 92 valence electrons. The molecule has 0 radical (unpaired) electrons. The zero-order chi connectivity index (χ0) is 12.1. The molecule has 0 amide bonds. The monoisotopic (exact) mass is 287 g/mol. The van der Waals surface area contributed by atoms with E-state index in [9.17, 15) is 0 Å². The number of halogens is 1. The van der Waals surface area contributed by atoms with E-state index in [2.05, 4.69) is 48.9 Å². The molecule has 0 unspecified atom stereocenters. The Labute approximate surface area is 107 Å². The molecule has 0 aliphatic carbocycles. The number of hydrogen-bond donors (Lipinski definition) is 1. The normalized spacial score (nSPS) is 12.0. The van der Waals surface area contributed by atoms with Gasteiger partial charge in [0.15, 0.2) is 4.67 Å². The van der Waals surface area contributed by atoms with Crippen LogP contribution in [0, 0.1) is 17.8 Å². The lowest BCUT2D eigenvalue weighted by molar-refractivity contribution is 0.272. The highest BCUT2D eigenvalue weighted by molar-refractivity contribution is 9.10. The van der Waals surface area contributed by atoms with Crippen LogP contribution in [0.2, 0.25) is 0 Å². The molecule has 0 atom stereocenters. The maximum absolute atomic E-state index is 5.44. The fraction of sp³-hybridized carbons (Fsp3) is 0.692. The average molecular weight is 288 g/mol. The summed E-state index contributed by atoms with van der Waals surface area (Å²) in [6.45, 7) is 11.0. The van der Waals surface area contributed by atoms with Crippen molar-refractivity contribution < 1.29 is 4.42 Å². The molecule has 16 heavy (non-hydrogen) atoms. The number of rotatable bonds is 6. The fourth-order valence-corrected chi connectivity index (χ4v) is 2.39. The molecule has 1 aromatic heterocycles. The van der Waals surface area contributed by atoms with E-state index in [4.69, 9.17) is 4.42 Å². The second-order valence-corrected chi connectivity index (χ2v) is 5.77. The van der Waals surface area contributed by atoms with Gasteiger partial charge in [-0.05, 0) is 52.4 Å². The highest BCUT2D eigenvalue weighted by atomic mass is 79.9. The Morgan fingerprint density at radius 2 is 1.81 bits per heavy atom. The summed E-state index contributed by atoms with van der Waals surface area (Å²) in [6.07, 6.45) is 0. The minimum absolute atomic E-state index is 0.718. The maximum Gasteiger partial charge on any atom is 0.169 e. The first-order valence-corrected chi connectivity index (χ1v) is 6.75. The molecule has 0 saturated heterocycles. The SMILES string of the molecule is CC(C)C(CNCc1ccc(Br)o1)C(C)C. The minimum Gasteiger partial charge on any atom is -0.453 e. The van der Waals surface area contributed by atoms with Gasteiger partial charge in [-0.2, -0.15) is 0 Å². The lowest BCUT2D eigenvalue weighted by atomic mass is 9.85. The lowest BCUT2D eigenvalue weighted by Crippen LogP contribution is -2.29. The van der Waals surface area contributed by atoms with Gasteiger partial charge in [0.25, 0.3) is 0 Å². The predicted octanol–water partition coefficient (Wildman–Crippen LogP) is 4.06. The zero-order valence-electron chi connectivity index (χ0n) is 10.6. The summed E-state index contributed by atoms with van der Waals surface area (Å²) in [4.78, 5) is 0. The standard InChI is InChI=1S/C13H22BrNO/c1-9(2)12(10(3)4)8-15-7-11-5-6-13(14)16-11/h5-6,9-10,12,15H,7-8H2,1-4H3. The highest BCUT2D eigenvalue weighted by Gasteiger charge is 2.16. The van der Waals surface area contributed by atoms with Crippen LogP contribution in [0.4, 0.5) is 0 Å². The fourth-order valence-electron chi connectivity index (χ4n) is 2.05. The molecule has 0 aliphatic rings. The zero-order valence-corrected chi connectivity index (χ0v) is 12.2. The van der Waals surface area contributed by atoms with E-state index in [-0.39, 0.29) is 0 Å². The van der Waals surface area contributed by atoms with Gasteiger partial charge in [0.2, 0.25) is 0 Å². The second-order valence-electron chi connectivity index (χ2n) is 4.99. The van der Waals surface area contributed by atoms with Gasteiger partial charge in [-0.25, -0.2) is 0 Å². The molecule has 1 N–H and O–H groups in total. The van der Waals surface area contributed by atoms with Gasteiger partial charge < -0.3 is 9.73 Å². The van der Waals surface area contributed by atoms with E-state index >= 15 is 0 Å². The summed E-state index contributed by atoms with van der Waals surface area (Å²) in [5.41, 5.74) is 0. The largest absolute Gasteiger partial charge is 0.453 e. The summed E-state index contributed by atoms with van der Waals surface area (Å²) in [5, 5.41) is 3.46. The Kier molecular flexibility index (Phi) is 5.56. The van der Waals surface area contributed by atoms with Crippen molar-refractivity contribution in [1.29, 1.82) is 0 Å². The van der Waals surface area contributed by atoms with Gasteiger partial charge in [-0.15, -0.1) is 0 Å². The molecule has 1 rings (SSSR count). The Morgan fingerprint density at radius 3 is 2.25 bits per heavy atom. The van der Waals surface area contributed by atoms with Crippen molar-refractivity contribution in [3.63, 3.8) is 0 Å². The Hall–Kier alpha value is -0.280. The van der Waals surface area contributed by atoms with Crippen LogP contribution in [0.1, 0.15) is 33.5 Å². The van der Waals surface area contributed by atoms with E-state index in [1.54, 1.807) is 0 Å². The summed E-state index contributed by atoms with van der Waals surface area (Å²) in [6, 6.07) is 3.93. The molecule has 0 saturated carbocycles. The Morgan fingerprint density at radius 1 is 1.19 bits per heavy atom. The van der Waals surface area contributed by atoms with Crippen molar-refractivity contribution in [3.05, 3.63) is 22.6 Å². The van der Waals surface area contributed by atoms with Crippen LogP contribution in [0.15, 0.2) is 21.2 Å². The molecule has 0 spiro atoms. The molecule has 0 aliphatic heterocycles. The minimum atomic E-state index is 0.718. The molecular weight excluding hydrogens is 266 g/mol. The molecule has 1 aromatic rings. The quantitative estimate of drug-likeness (QED) is 0.854. The van der Waals surface area contributed by atoms with Gasteiger partial charge in [0.1, 0.15) is 5.76 Å². The van der Waals surface area contributed by atoms with Gasteiger partial charge in [-0.3, -0.25) is 0 Å². The predicted molar refractivity (Wildman–Crippen MR) is 71.3 cm³/mol. The molecule has 1 heterocycles. The third-order valence-electron chi connectivity index (χ3n) is 3.02. The molecule has 0 bridgehead atoms. The van der Waals surface area contributed by atoms with Crippen LogP contribution < -0.4 is 5.32 Å². The topological polar surface area (TPSA) is 25.2 Å². The first kappa shape index (κ1) is 13.8. The van der Waals surface area contributed by atoms with Gasteiger partial charge in [0.05, 0.1) is 6.54 Å². The van der Waals surface area contributed by atoms with Crippen LogP contribution in [-0.2, 0) is 6.54 Å². The maximum atomic E-state index is 5.44. The van der Waals surface area contributed by atoms with Crippen LogP contribution in [0.3, 0.4) is 0 Å². The summed E-state index contributed by atoms with van der Waals surface area (Å²) >= 11 is 3.30. The van der Waals surface area contributed by atoms with Crippen molar-refractivity contribution in [3.8, 4) is 0 Å². The highest BCUT2D eigenvalue weighted by Crippen LogP contribution is 2.20. The van der Waals surface area contributed by atoms with Crippen molar-refractivity contribution in [2.45, 2.75) is 34.2 Å². The Bertz CT molecular complexity index is 299. The number of furan rings is 1. The van der Waals surface area contributed by atoms with E-state index in [0.29, 0.717) is 0 Å². The van der Waals surface area contributed by atoms with Gasteiger partial charge in [0, 0.05) is 0 Å². The summed E-state index contributed by atoms with van der Waals surface area (Å²) in [5.74, 6) is 3.14. The number of nitrogens with one attached hydrogen (secondary N) is 1.